The van der Waals surface area contributed by atoms with Gasteiger partial charge in [-0.25, -0.2) is 0 Å². The van der Waals surface area contributed by atoms with Crippen molar-refractivity contribution in [3.05, 3.63) is 73.3 Å². The summed E-state index contributed by atoms with van der Waals surface area (Å²) in [7, 11) is 0. The average molecular weight is 633 g/mol. The Balaban J connectivity index is 1.11. The molecule has 1 aromatic heterocycles. The van der Waals surface area contributed by atoms with Gasteiger partial charge in [-0.1, -0.05) is 75.6 Å². The van der Waals surface area contributed by atoms with Crippen molar-refractivity contribution >= 4 is 43.2 Å². The first-order valence-corrected chi connectivity index (χ1v) is 15.3. The molecule has 2 aromatic carbocycles. The second-order valence-corrected chi connectivity index (χ2v) is 12.7. The minimum Gasteiger partial charge on any atom is -0.494 e. The van der Waals surface area contributed by atoms with Crippen LogP contribution in [0.4, 0.5) is 0 Å². The smallest absolute Gasteiger partial charge is 0.119 e. The molecule has 0 aliphatic carbocycles. The summed E-state index contributed by atoms with van der Waals surface area (Å²) in [4.78, 5) is 0. The van der Waals surface area contributed by atoms with Crippen molar-refractivity contribution in [3.63, 3.8) is 0 Å². The first-order valence-electron chi connectivity index (χ1n) is 12.9. The number of hydrogen-bond donors (Lipinski definition) is 0. The van der Waals surface area contributed by atoms with Crippen molar-refractivity contribution < 1.29 is 9.47 Å². The van der Waals surface area contributed by atoms with Crippen LogP contribution < -0.4 is 4.74 Å². The van der Waals surface area contributed by atoms with Gasteiger partial charge in [0.05, 0.1) is 32.4 Å². The van der Waals surface area contributed by atoms with Gasteiger partial charge in [-0.15, -0.1) is 11.3 Å². The largest absolute Gasteiger partial charge is 0.494 e. The number of hydrogen-bond acceptors (Lipinski definition) is 4. The molecule has 0 bridgehead atoms. The third-order valence-electron chi connectivity index (χ3n) is 6.14. The fraction of sp³-hybridized carbons (Fsp3) is 0.433. The molecule has 0 atom stereocenters. The monoisotopic (exact) mass is 631 g/mol. The molecule has 192 valence electrons. The van der Waals surface area contributed by atoms with Crippen LogP contribution in [-0.4, -0.2) is 13.2 Å². The third-order valence-corrected chi connectivity index (χ3v) is 8.60. The lowest BCUT2D eigenvalue weighted by molar-refractivity contribution is 0.116. The van der Waals surface area contributed by atoms with Crippen LogP contribution in [0.1, 0.15) is 75.3 Å². The molecule has 0 fully saturated rings. The Morgan fingerprint density at radius 2 is 1.22 bits per heavy atom. The van der Waals surface area contributed by atoms with E-state index in [9.17, 15) is 0 Å². The van der Waals surface area contributed by atoms with Gasteiger partial charge in [0.25, 0.3) is 0 Å². The van der Waals surface area contributed by atoms with E-state index < -0.39 is 0 Å². The molecular formula is C30H35Br2NO2S. The van der Waals surface area contributed by atoms with E-state index in [2.05, 4.69) is 56.1 Å². The maximum Gasteiger partial charge on any atom is 0.119 e. The number of thiophene rings is 1. The van der Waals surface area contributed by atoms with Crippen LogP contribution in [0.2, 0.25) is 0 Å². The molecule has 0 spiro atoms. The standard InChI is InChI=1S/C30H35Br2NO2S/c31-29-21-27(30(32)36-29)23-34-19-9-7-5-3-1-2-4-6-8-10-20-35-28-17-15-26(16-18-28)25-13-11-24(22-33)12-14-25/h11-18,21H,1-10,19-20,23H2. The minimum absolute atomic E-state index is 0.684. The van der Waals surface area contributed by atoms with Gasteiger partial charge < -0.3 is 9.47 Å². The highest BCUT2D eigenvalue weighted by molar-refractivity contribution is 9.12. The Kier molecular flexibility index (Phi) is 13.6. The summed E-state index contributed by atoms with van der Waals surface area (Å²) >= 11 is 8.78. The maximum absolute atomic E-state index is 8.92. The summed E-state index contributed by atoms with van der Waals surface area (Å²) < 4.78 is 14.0. The molecule has 1 heterocycles. The van der Waals surface area contributed by atoms with Crippen LogP contribution in [-0.2, 0) is 11.3 Å². The van der Waals surface area contributed by atoms with Crippen molar-refractivity contribution in [2.45, 2.75) is 70.8 Å². The van der Waals surface area contributed by atoms with Gasteiger partial charge in [-0.05, 0) is 86.2 Å². The summed E-state index contributed by atoms with van der Waals surface area (Å²) in [6.45, 7) is 2.32. The molecular weight excluding hydrogens is 598 g/mol. The molecule has 6 heteroatoms. The van der Waals surface area contributed by atoms with Crippen LogP contribution in [0.5, 0.6) is 5.75 Å². The van der Waals surface area contributed by atoms with E-state index in [-0.39, 0.29) is 0 Å². The van der Waals surface area contributed by atoms with Crippen molar-refractivity contribution in [3.8, 4) is 22.9 Å². The molecule has 0 saturated heterocycles. The SMILES string of the molecule is N#Cc1ccc(-c2ccc(OCCCCCCCCCCCCOCc3cc(Br)sc3Br)cc2)cc1. The fourth-order valence-electron chi connectivity index (χ4n) is 4.05. The van der Waals surface area contributed by atoms with Gasteiger partial charge >= 0.3 is 0 Å². The highest BCUT2D eigenvalue weighted by Crippen LogP contribution is 2.32. The first-order chi connectivity index (χ1) is 17.7. The number of nitrogens with zero attached hydrogens (tertiary/aromatic N) is 1. The van der Waals surface area contributed by atoms with Gasteiger partial charge in [0.15, 0.2) is 0 Å². The summed E-state index contributed by atoms with van der Waals surface area (Å²) in [5, 5.41) is 8.92. The second-order valence-electron chi connectivity index (χ2n) is 9.00. The number of rotatable bonds is 17. The van der Waals surface area contributed by atoms with E-state index in [4.69, 9.17) is 14.7 Å². The normalized spacial score (nSPS) is 10.9. The van der Waals surface area contributed by atoms with Gasteiger partial charge in [-0.3, -0.25) is 0 Å². The zero-order valence-corrected chi connectivity index (χ0v) is 24.8. The van der Waals surface area contributed by atoms with E-state index in [1.807, 2.05) is 36.4 Å². The van der Waals surface area contributed by atoms with E-state index in [0.717, 1.165) is 50.5 Å². The van der Waals surface area contributed by atoms with Crippen molar-refractivity contribution in [2.75, 3.05) is 13.2 Å². The van der Waals surface area contributed by atoms with Gasteiger partial charge in [0, 0.05) is 12.2 Å². The zero-order chi connectivity index (χ0) is 25.4. The molecule has 0 amide bonds. The Bertz CT molecular complexity index is 1060. The van der Waals surface area contributed by atoms with Crippen molar-refractivity contribution in [2.24, 2.45) is 0 Å². The number of nitriles is 1. The van der Waals surface area contributed by atoms with Crippen LogP contribution in [0.25, 0.3) is 11.1 Å². The van der Waals surface area contributed by atoms with Gasteiger partial charge in [0.1, 0.15) is 5.75 Å². The lowest BCUT2D eigenvalue weighted by Gasteiger charge is -2.08. The Morgan fingerprint density at radius 1 is 0.694 bits per heavy atom. The predicted octanol–water partition coefficient (Wildman–Crippen LogP) is 10.3. The van der Waals surface area contributed by atoms with Crippen molar-refractivity contribution in [1.29, 1.82) is 5.26 Å². The molecule has 0 aliphatic heterocycles. The summed E-state index contributed by atoms with van der Waals surface area (Å²) in [6.07, 6.45) is 12.7. The van der Waals surface area contributed by atoms with E-state index >= 15 is 0 Å². The van der Waals surface area contributed by atoms with E-state index in [0.29, 0.717) is 12.2 Å². The third kappa shape index (κ3) is 10.8. The fourth-order valence-corrected chi connectivity index (χ4v) is 6.83. The Labute approximate surface area is 237 Å². The highest BCUT2D eigenvalue weighted by Gasteiger charge is 2.05. The lowest BCUT2D eigenvalue weighted by Crippen LogP contribution is -1.97. The Morgan fingerprint density at radius 3 is 1.75 bits per heavy atom. The molecule has 0 aliphatic rings. The lowest BCUT2D eigenvalue weighted by atomic mass is 10.0. The number of unbranched alkanes of at least 4 members (excludes halogenated alkanes) is 9. The maximum atomic E-state index is 8.92. The highest BCUT2D eigenvalue weighted by atomic mass is 79.9. The second kappa shape index (κ2) is 17.0. The number of ether oxygens (including phenoxy) is 2. The van der Waals surface area contributed by atoms with Crippen LogP contribution in [0.3, 0.4) is 0 Å². The summed E-state index contributed by atoms with van der Waals surface area (Å²) in [6, 6.07) is 20.2. The Hall–Kier alpha value is -1.65. The van der Waals surface area contributed by atoms with Gasteiger partial charge in [-0.2, -0.15) is 5.26 Å². The van der Waals surface area contributed by atoms with Crippen LogP contribution >= 0.6 is 43.2 Å². The zero-order valence-electron chi connectivity index (χ0n) is 20.8. The molecule has 0 unspecified atom stereocenters. The summed E-state index contributed by atoms with van der Waals surface area (Å²) in [5.74, 6) is 0.921. The molecule has 3 rings (SSSR count). The molecule has 3 aromatic rings. The minimum atomic E-state index is 0.684. The molecule has 0 radical (unpaired) electrons. The topological polar surface area (TPSA) is 42.2 Å². The number of benzene rings is 2. The molecule has 3 nitrogen and oxygen atoms in total. The molecule has 0 N–H and O–H groups in total. The first kappa shape index (κ1) is 28.9. The van der Waals surface area contributed by atoms with E-state index in [1.54, 1.807) is 11.3 Å². The summed E-state index contributed by atoms with van der Waals surface area (Å²) in [5.41, 5.74) is 4.16. The quantitative estimate of drug-likeness (QED) is 0.139. The average Bonchev–Trinajstić information content (AvgIpc) is 3.23. The van der Waals surface area contributed by atoms with Crippen LogP contribution in [0, 0.1) is 11.3 Å². The predicted molar refractivity (Wildman–Crippen MR) is 158 cm³/mol. The molecule has 36 heavy (non-hydrogen) atoms. The number of halogens is 2. The molecule has 0 saturated carbocycles. The van der Waals surface area contributed by atoms with E-state index in [1.165, 1.54) is 56.9 Å². The van der Waals surface area contributed by atoms with Crippen LogP contribution in [0.15, 0.2) is 62.2 Å². The van der Waals surface area contributed by atoms with Gasteiger partial charge in [0.2, 0.25) is 0 Å². The van der Waals surface area contributed by atoms with Crippen molar-refractivity contribution in [1.82, 2.24) is 0 Å².